The van der Waals surface area contributed by atoms with Crippen LogP contribution >= 0.6 is 15.9 Å². The Kier molecular flexibility index (Phi) is 2.82. The van der Waals surface area contributed by atoms with E-state index in [4.69, 9.17) is 4.52 Å². The molecule has 0 bridgehead atoms. The second-order valence-corrected chi connectivity index (χ2v) is 5.23. The standard InChI is InChI=1S/C10H13BrN2O2/c1-6-3-8(11)5-13(6)10(14)9-4-12-15-7(9)2/h4,6,8H,3,5H2,1-2H3. The lowest BCUT2D eigenvalue weighted by Crippen LogP contribution is -2.34. The van der Waals surface area contributed by atoms with Gasteiger partial charge >= 0.3 is 0 Å². The number of carbonyl (C=O) groups excluding carboxylic acids is 1. The molecule has 0 radical (unpaired) electrons. The summed E-state index contributed by atoms with van der Waals surface area (Å²) in [5.74, 6) is 0.605. The fourth-order valence-electron chi connectivity index (χ4n) is 1.91. The minimum Gasteiger partial charge on any atom is -0.361 e. The highest BCUT2D eigenvalue weighted by Gasteiger charge is 2.32. The van der Waals surface area contributed by atoms with Gasteiger partial charge in [0.05, 0.1) is 6.20 Å². The Labute approximate surface area is 96.7 Å². The molecule has 1 amide bonds. The van der Waals surface area contributed by atoms with Crippen LogP contribution in [0.4, 0.5) is 0 Å². The van der Waals surface area contributed by atoms with Crippen LogP contribution in [0.15, 0.2) is 10.7 Å². The molecule has 2 unspecified atom stereocenters. The largest absolute Gasteiger partial charge is 0.361 e. The summed E-state index contributed by atoms with van der Waals surface area (Å²) in [4.78, 5) is 14.3. The quantitative estimate of drug-likeness (QED) is 0.735. The van der Waals surface area contributed by atoms with Gasteiger partial charge in [-0.15, -0.1) is 0 Å². The van der Waals surface area contributed by atoms with Gasteiger partial charge in [0.2, 0.25) is 0 Å². The molecule has 2 atom stereocenters. The van der Waals surface area contributed by atoms with Crippen molar-refractivity contribution in [1.82, 2.24) is 10.1 Å². The first-order valence-corrected chi connectivity index (χ1v) is 5.87. The third-order valence-electron chi connectivity index (χ3n) is 2.77. The molecule has 0 aromatic carbocycles. The van der Waals surface area contributed by atoms with E-state index in [9.17, 15) is 4.79 Å². The van der Waals surface area contributed by atoms with E-state index in [1.807, 2.05) is 4.90 Å². The Hall–Kier alpha value is -0.840. The lowest BCUT2D eigenvalue weighted by atomic mass is 10.2. The molecule has 4 nitrogen and oxygen atoms in total. The van der Waals surface area contributed by atoms with Crippen molar-refractivity contribution in [3.63, 3.8) is 0 Å². The number of carbonyl (C=O) groups is 1. The van der Waals surface area contributed by atoms with Crippen molar-refractivity contribution in [3.8, 4) is 0 Å². The Morgan fingerprint density at radius 2 is 2.47 bits per heavy atom. The summed E-state index contributed by atoms with van der Waals surface area (Å²) in [7, 11) is 0. The fraction of sp³-hybridized carbons (Fsp3) is 0.600. The minimum atomic E-state index is 0.0169. The van der Waals surface area contributed by atoms with Crippen molar-refractivity contribution >= 4 is 21.8 Å². The number of alkyl halides is 1. The molecule has 15 heavy (non-hydrogen) atoms. The molecule has 1 fully saturated rings. The number of halogens is 1. The summed E-state index contributed by atoms with van der Waals surface area (Å²) < 4.78 is 4.90. The molecule has 1 aromatic rings. The summed E-state index contributed by atoms with van der Waals surface area (Å²) in [6.45, 7) is 4.57. The van der Waals surface area contributed by atoms with E-state index in [2.05, 4.69) is 28.0 Å². The third-order valence-corrected chi connectivity index (χ3v) is 3.43. The van der Waals surface area contributed by atoms with Crippen molar-refractivity contribution in [3.05, 3.63) is 17.5 Å². The summed E-state index contributed by atoms with van der Waals surface area (Å²) >= 11 is 3.54. The molecule has 0 spiro atoms. The maximum absolute atomic E-state index is 12.1. The predicted molar refractivity (Wildman–Crippen MR) is 59.1 cm³/mol. The van der Waals surface area contributed by atoms with Crippen LogP contribution in [-0.2, 0) is 0 Å². The van der Waals surface area contributed by atoms with Gasteiger partial charge in [-0.1, -0.05) is 21.1 Å². The van der Waals surface area contributed by atoms with Crippen molar-refractivity contribution < 1.29 is 9.32 Å². The van der Waals surface area contributed by atoms with Gasteiger partial charge in [-0.25, -0.2) is 0 Å². The summed E-state index contributed by atoms with van der Waals surface area (Å²) in [6, 6.07) is 0.274. The van der Waals surface area contributed by atoms with Gasteiger partial charge in [-0.05, 0) is 20.3 Å². The van der Waals surface area contributed by atoms with E-state index in [0.29, 0.717) is 16.2 Å². The first-order chi connectivity index (χ1) is 7.09. The first kappa shape index (κ1) is 10.7. The molecule has 2 rings (SSSR count). The Balaban J connectivity index is 2.19. The van der Waals surface area contributed by atoms with E-state index < -0.39 is 0 Å². The van der Waals surface area contributed by atoms with Gasteiger partial charge in [-0.2, -0.15) is 0 Å². The summed E-state index contributed by atoms with van der Waals surface area (Å²) in [6.07, 6.45) is 2.49. The number of amides is 1. The van der Waals surface area contributed by atoms with Crippen LogP contribution in [0.5, 0.6) is 0 Å². The average Bonchev–Trinajstić information content (AvgIpc) is 2.71. The van der Waals surface area contributed by atoms with E-state index in [1.165, 1.54) is 6.20 Å². The summed E-state index contributed by atoms with van der Waals surface area (Å²) in [5, 5.41) is 3.62. The van der Waals surface area contributed by atoms with Gasteiger partial charge < -0.3 is 9.42 Å². The zero-order valence-electron chi connectivity index (χ0n) is 8.74. The van der Waals surface area contributed by atoms with Gasteiger partial charge in [0.1, 0.15) is 11.3 Å². The molecule has 2 heterocycles. The van der Waals surface area contributed by atoms with Crippen molar-refractivity contribution in [2.45, 2.75) is 31.1 Å². The normalized spacial score (nSPS) is 25.9. The Morgan fingerprint density at radius 1 is 1.73 bits per heavy atom. The SMILES string of the molecule is Cc1oncc1C(=O)N1CC(Br)CC1C. The van der Waals surface area contributed by atoms with E-state index in [0.717, 1.165) is 13.0 Å². The highest BCUT2D eigenvalue weighted by atomic mass is 79.9. The van der Waals surface area contributed by atoms with Crippen LogP contribution in [-0.4, -0.2) is 33.4 Å². The van der Waals surface area contributed by atoms with Crippen LogP contribution in [0.25, 0.3) is 0 Å². The Bertz CT molecular complexity index is 377. The van der Waals surface area contributed by atoms with Crippen LogP contribution in [0.3, 0.4) is 0 Å². The number of hydrogen-bond donors (Lipinski definition) is 0. The second-order valence-electron chi connectivity index (χ2n) is 3.94. The molecule has 1 aliphatic heterocycles. The number of rotatable bonds is 1. The molecule has 0 saturated carbocycles. The molecule has 82 valence electrons. The van der Waals surface area contributed by atoms with Crippen LogP contribution in [0, 0.1) is 6.92 Å². The fourth-order valence-corrected chi connectivity index (χ4v) is 2.76. The number of hydrogen-bond acceptors (Lipinski definition) is 3. The second kappa shape index (κ2) is 3.96. The van der Waals surface area contributed by atoms with E-state index in [-0.39, 0.29) is 11.9 Å². The highest BCUT2D eigenvalue weighted by Crippen LogP contribution is 2.25. The molecular weight excluding hydrogens is 260 g/mol. The van der Waals surface area contributed by atoms with Crippen LogP contribution < -0.4 is 0 Å². The van der Waals surface area contributed by atoms with Gasteiger partial charge in [0, 0.05) is 17.4 Å². The van der Waals surface area contributed by atoms with Gasteiger partial charge in [-0.3, -0.25) is 4.79 Å². The number of likely N-dealkylation sites (tertiary alicyclic amines) is 1. The van der Waals surface area contributed by atoms with Crippen molar-refractivity contribution in [2.75, 3.05) is 6.54 Å². The first-order valence-electron chi connectivity index (χ1n) is 4.96. The van der Waals surface area contributed by atoms with E-state index in [1.54, 1.807) is 6.92 Å². The highest BCUT2D eigenvalue weighted by molar-refractivity contribution is 9.09. The topological polar surface area (TPSA) is 46.3 Å². The lowest BCUT2D eigenvalue weighted by molar-refractivity contribution is 0.0746. The van der Waals surface area contributed by atoms with Crippen LogP contribution in [0.1, 0.15) is 29.5 Å². The maximum atomic E-state index is 12.1. The molecule has 1 aliphatic rings. The zero-order chi connectivity index (χ0) is 11.0. The predicted octanol–water partition coefficient (Wildman–Crippen LogP) is 1.98. The minimum absolute atomic E-state index is 0.0169. The number of aromatic nitrogens is 1. The van der Waals surface area contributed by atoms with Crippen molar-refractivity contribution in [2.24, 2.45) is 0 Å². The number of nitrogens with zero attached hydrogens (tertiary/aromatic N) is 2. The van der Waals surface area contributed by atoms with Crippen LogP contribution in [0.2, 0.25) is 0 Å². The van der Waals surface area contributed by atoms with Crippen molar-refractivity contribution in [1.29, 1.82) is 0 Å². The molecular formula is C10H13BrN2O2. The molecule has 1 saturated heterocycles. The number of aryl methyl sites for hydroxylation is 1. The summed E-state index contributed by atoms with van der Waals surface area (Å²) in [5.41, 5.74) is 0.573. The lowest BCUT2D eigenvalue weighted by Gasteiger charge is -2.20. The average molecular weight is 273 g/mol. The van der Waals surface area contributed by atoms with Gasteiger partial charge in [0.15, 0.2) is 0 Å². The molecule has 5 heteroatoms. The molecule has 1 aromatic heterocycles. The monoisotopic (exact) mass is 272 g/mol. The smallest absolute Gasteiger partial charge is 0.259 e. The zero-order valence-corrected chi connectivity index (χ0v) is 10.3. The maximum Gasteiger partial charge on any atom is 0.259 e. The van der Waals surface area contributed by atoms with E-state index >= 15 is 0 Å². The Morgan fingerprint density at radius 3 is 2.93 bits per heavy atom. The third kappa shape index (κ3) is 1.93. The van der Waals surface area contributed by atoms with Gasteiger partial charge in [0.25, 0.3) is 5.91 Å². The molecule has 0 N–H and O–H groups in total. The molecule has 0 aliphatic carbocycles.